The first-order chi connectivity index (χ1) is 6.39. The molecule has 0 radical (unpaired) electrons. The highest BCUT2D eigenvalue weighted by molar-refractivity contribution is 8.01. The van der Waals surface area contributed by atoms with E-state index in [9.17, 15) is 13.2 Å². The molecule has 1 atom stereocenters. The molecule has 80 valence electrons. The van der Waals surface area contributed by atoms with Crippen molar-refractivity contribution in [1.29, 1.82) is 0 Å². The summed E-state index contributed by atoms with van der Waals surface area (Å²) in [5, 5.41) is 15.7. The van der Waals surface area contributed by atoms with E-state index in [4.69, 9.17) is 10.8 Å². The average molecular weight is 245 g/mol. The Labute approximate surface area is 85.3 Å². The molecule has 0 saturated heterocycles. The monoisotopic (exact) mass is 245 g/mol. The summed E-state index contributed by atoms with van der Waals surface area (Å²) in [4.78, 5) is 0. The first-order valence-corrected chi connectivity index (χ1v) is 5.16. The summed E-state index contributed by atoms with van der Waals surface area (Å²) < 4.78 is 35.8. The smallest absolute Gasteiger partial charge is 0.383 e. The lowest BCUT2D eigenvalue weighted by atomic mass is 10.4. The minimum absolute atomic E-state index is 0.189. The van der Waals surface area contributed by atoms with Crippen molar-refractivity contribution in [3.63, 3.8) is 0 Å². The highest BCUT2D eigenvalue weighted by Crippen LogP contribution is 2.28. The molecule has 0 aromatic carbocycles. The van der Waals surface area contributed by atoms with Gasteiger partial charge in [-0.05, 0) is 0 Å². The zero-order chi connectivity index (χ0) is 10.8. The number of aliphatic hydroxyl groups excluding tert-OH is 1. The molecule has 9 heteroatoms. The number of aliphatic hydroxyl groups is 1. The van der Waals surface area contributed by atoms with Gasteiger partial charge in [0, 0.05) is 5.75 Å². The van der Waals surface area contributed by atoms with E-state index in [1.807, 2.05) is 0 Å². The summed E-state index contributed by atoms with van der Waals surface area (Å²) in [6.07, 6.45) is -6.94. The van der Waals surface area contributed by atoms with Gasteiger partial charge in [-0.3, -0.25) is 0 Å². The molecule has 1 unspecified atom stereocenters. The number of nitrogens with two attached hydrogens (primary N) is 1. The maximum Gasteiger partial charge on any atom is 0.415 e. The molecule has 0 spiro atoms. The number of nitrogens with zero attached hydrogens (tertiary/aromatic N) is 2. The molecule has 1 heterocycles. The summed E-state index contributed by atoms with van der Waals surface area (Å²) in [5.74, 6) is -0.502. The number of hydrogen-bond donors (Lipinski definition) is 2. The van der Waals surface area contributed by atoms with Gasteiger partial charge in [-0.25, -0.2) is 0 Å². The highest BCUT2D eigenvalue weighted by Gasteiger charge is 2.38. The van der Waals surface area contributed by atoms with Gasteiger partial charge < -0.3 is 10.8 Å². The molecule has 4 nitrogen and oxygen atoms in total. The van der Waals surface area contributed by atoms with Gasteiger partial charge in [0.25, 0.3) is 0 Å². The van der Waals surface area contributed by atoms with E-state index in [0.29, 0.717) is 4.34 Å². The molecule has 14 heavy (non-hydrogen) atoms. The second-order valence-electron chi connectivity index (χ2n) is 2.27. The number of hydrogen-bond acceptors (Lipinski definition) is 6. The van der Waals surface area contributed by atoms with Crippen LogP contribution in [0.15, 0.2) is 4.34 Å². The number of rotatable bonds is 3. The lowest BCUT2D eigenvalue weighted by molar-refractivity contribution is -0.195. The lowest BCUT2D eigenvalue weighted by Gasteiger charge is -2.12. The Balaban J connectivity index is 2.41. The Bertz CT molecular complexity index is 303. The second kappa shape index (κ2) is 4.32. The van der Waals surface area contributed by atoms with E-state index >= 15 is 0 Å². The van der Waals surface area contributed by atoms with Gasteiger partial charge in [-0.2, -0.15) is 13.2 Å². The molecule has 0 aliphatic carbocycles. The van der Waals surface area contributed by atoms with Gasteiger partial charge in [0.2, 0.25) is 5.13 Å². The molecule has 1 aromatic rings. The SMILES string of the molecule is Nc1nnc(SCC(O)C(F)(F)F)s1. The largest absolute Gasteiger partial charge is 0.415 e. The Kier molecular flexibility index (Phi) is 3.56. The summed E-state index contributed by atoms with van der Waals surface area (Å²) in [5.41, 5.74) is 5.22. The number of alkyl halides is 3. The number of thioether (sulfide) groups is 1. The number of halogens is 3. The quantitative estimate of drug-likeness (QED) is 0.781. The molecule has 3 N–H and O–H groups in total. The van der Waals surface area contributed by atoms with Gasteiger partial charge in [0.1, 0.15) is 0 Å². The van der Waals surface area contributed by atoms with Crippen LogP contribution in [0.25, 0.3) is 0 Å². The van der Waals surface area contributed by atoms with Gasteiger partial charge in [0.05, 0.1) is 0 Å². The zero-order valence-electron chi connectivity index (χ0n) is 6.65. The molecule has 0 aliphatic heterocycles. The normalized spacial score (nSPS) is 14.3. The Hall–Kier alpha value is -0.540. The molecular formula is C5H6F3N3OS2. The Morgan fingerprint density at radius 3 is 2.57 bits per heavy atom. The fraction of sp³-hybridized carbons (Fsp3) is 0.600. The van der Waals surface area contributed by atoms with Crippen LogP contribution in [-0.4, -0.2) is 33.3 Å². The summed E-state index contributed by atoms with van der Waals surface area (Å²) in [6.45, 7) is 0. The highest BCUT2D eigenvalue weighted by atomic mass is 32.2. The van der Waals surface area contributed by atoms with Crippen LogP contribution >= 0.6 is 23.1 Å². The van der Waals surface area contributed by atoms with E-state index < -0.39 is 18.0 Å². The van der Waals surface area contributed by atoms with Crippen LogP contribution in [0.3, 0.4) is 0 Å². The maximum atomic E-state index is 11.8. The molecule has 0 aliphatic rings. The predicted molar refractivity (Wildman–Crippen MR) is 47.1 cm³/mol. The number of aromatic nitrogens is 2. The molecule has 0 amide bonds. The maximum absolute atomic E-state index is 11.8. The second-order valence-corrected chi connectivity index (χ2v) is 4.55. The lowest BCUT2D eigenvalue weighted by Crippen LogP contribution is -2.30. The minimum Gasteiger partial charge on any atom is -0.383 e. The zero-order valence-corrected chi connectivity index (χ0v) is 8.29. The number of nitrogen functional groups attached to an aromatic ring is 1. The van der Waals surface area contributed by atoms with Gasteiger partial charge in [-0.15, -0.1) is 10.2 Å². The summed E-state index contributed by atoms with van der Waals surface area (Å²) >= 11 is 1.75. The van der Waals surface area contributed by atoms with Gasteiger partial charge >= 0.3 is 6.18 Å². The van der Waals surface area contributed by atoms with E-state index in [-0.39, 0.29) is 5.13 Å². The van der Waals surface area contributed by atoms with Crippen molar-refractivity contribution in [2.45, 2.75) is 16.6 Å². The van der Waals surface area contributed by atoms with Crippen molar-refractivity contribution in [2.24, 2.45) is 0 Å². The topological polar surface area (TPSA) is 72.0 Å². The van der Waals surface area contributed by atoms with E-state index in [1.54, 1.807) is 0 Å². The third kappa shape index (κ3) is 3.31. The molecule has 1 rings (SSSR count). The fourth-order valence-electron chi connectivity index (χ4n) is 0.523. The van der Waals surface area contributed by atoms with Crippen LogP contribution in [0, 0.1) is 0 Å². The molecule has 0 saturated carbocycles. The first-order valence-electron chi connectivity index (χ1n) is 3.36. The minimum atomic E-state index is -4.59. The van der Waals surface area contributed by atoms with E-state index in [0.717, 1.165) is 23.1 Å². The Morgan fingerprint density at radius 1 is 1.50 bits per heavy atom. The average Bonchev–Trinajstić information content (AvgIpc) is 2.45. The molecule has 1 aromatic heterocycles. The standard InChI is InChI=1S/C5H6F3N3OS2/c6-5(7,8)2(12)1-13-4-11-10-3(9)14-4/h2,12H,1H2,(H2,9,10). The van der Waals surface area contributed by atoms with Crippen molar-refractivity contribution in [3.8, 4) is 0 Å². The van der Waals surface area contributed by atoms with Crippen LogP contribution in [0.2, 0.25) is 0 Å². The Morgan fingerprint density at radius 2 is 2.14 bits per heavy atom. The number of anilines is 1. The third-order valence-corrected chi connectivity index (χ3v) is 3.13. The van der Waals surface area contributed by atoms with Crippen molar-refractivity contribution in [1.82, 2.24) is 10.2 Å². The molecule has 0 fully saturated rings. The van der Waals surface area contributed by atoms with Gasteiger partial charge in [0.15, 0.2) is 10.4 Å². The van der Waals surface area contributed by atoms with Crippen molar-refractivity contribution in [2.75, 3.05) is 11.5 Å². The van der Waals surface area contributed by atoms with Crippen LogP contribution in [0.4, 0.5) is 18.3 Å². The van der Waals surface area contributed by atoms with Crippen LogP contribution in [0.1, 0.15) is 0 Å². The van der Waals surface area contributed by atoms with Crippen molar-refractivity contribution in [3.05, 3.63) is 0 Å². The van der Waals surface area contributed by atoms with E-state index in [1.165, 1.54) is 0 Å². The van der Waals surface area contributed by atoms with Crippen LogP contribution in [-0.2, 0) is 0 Å². The van der Waals surface area contributed by atoms with Gasteiger partial charge in [-0.1, -0.05) is 23.1 Å². The van der Waals surface area contributed by atoms with E-state index in [2.05, 4.69) is 10.2 Å². The van der Waals surface area contributed by atoms with Crippen LogP contribution < -0.4 is 5.73 Å². The van der Waals surface area contributed by atoms with Crippen LogP contribution in [0.5, 0.6) is 0 Å². The molecule has 0 bridgehead atoms. The van der Waals surface area contributed by atoms with Crippen molar-refractivity contribution < 1.29 is 18.3 Å². The first kappa shape index (κ1) is 11.5. The van der Waals surface area contributed by atoms with Crippen molar-refractivity contribution >= 4 is 28.2 Å². The third-order valence-electron chi connectivity index (χ3n) is 1.16. The summed E-state index contributed by atoms with van der Waals surface area (Å²) in [6, 6.07) is 0. The predicted octanol–water partition coefficient (Wildman–Crippen LogP) is 1.14. The summed E-state index contributed by atoms with van der Waals surface area (Å²) in [7, 11) is 0. The fourth-order valence-corrected chi connectivity index (χ4v) is 2.15. The molecular weight excluding hydrogens is 239 g/mol.